The molecule has 0 aliphatic rings. The molecule has 0 aromatic carbocycles. The van der Waals surface area contributed by atoms with E-state index in [-0.39, 0.29) is 74.6 Å². The first-order valence-electron chi connectivity index (χ1n) is 1.45. The van der Waals surface area contributed by atoms with E-state index in [4.69, 9.17) is 6.91 Å². The molecule has 0 saturated heterocycles. The summed E-state index contributed by atoms with van der Waals surface area (Å²) in [6.45, 7) is 0. The fraction of sp³-hybridized carbons (Fsp3) is 1.00. The number of hydrogen-bond acceptors (Lipinski definition) is 0. The van der Waals surface area contributed by atoms with Crippen LogP contribution in [0.25, 0.3) is 0 Å². The van der Waals surface area contributed by atoms with Crippen molar-refractivity contribution in [2.24, 2.45) is 0 Å². The van der Waals surface area contributed by atoms with Gasteiger partial charge in [0, 0.05) is 1.43 Å². The first kappa shape index (κ1) is 29.7. The van der Waals surface area contributed by atoms with Crippen molar-refractivity contribution in [1.82, 2.24) is 0 Å². The van der Waals surface area contributed by atoms with Gasteiger partial charge >= 0.3 is 115 Å². The van der Waals surface area contributed by atoms with E-state index in [2.05, 4.69) is 0 Å². The van der Waals surface area contributed by atoms with Crippen molar-refractivity contribution in [3.63, 3.8) is 0 Å². The summed E-state index contributed by atoms with van der Waals surface area (Å²) < 4.78 is 4.75. The van der Waals surface area contributed by atoms with Crippen molar-refractivity contribution in [3.05, 3.63) is 0 Å². The van der Waals surface area contributed by atoms with Gasteiger partial charge in [-0.1, -0.05) is 14.9 Å². The van der Waals surface area contributed by atoms with Crippen LogP contribution in [-0.4, -0.2) is 74.1 Å². The van der Waals surface area contributed by atoms with Crippen molar-refractivity contribution < 1.29 is 66.6 Å². The Morgan fingerprint density at radius 3 is 1.29 bits per heavy atom. The standard InChI is InChI=1S/2CH4.3K.2H2O.H2.H/h2*1H4;;;;2*1H2;1H;/q;;;;+1;;;;-1/i;;;;;;;1+2;/hT. The van der Waals surface area contributed by atoms with Gasteiger partial charge in [0.2, 0.25) is 1.43 Å². The van der Waals surface area contributed by atoms with Crippen LogP contribution in [0.2, 0.25) is 0 Å². The Morgan fingerprint density at radius 1 is 1.29 bits per heavy atom. The Kier molecular flexibility index (Phi) is 191. The van der Waals surface area contributed by atoms with E-state index in [1.54, 1.807) is 0 Å². The normalized spacial score (nSPS) is 2.14. The molecule has 0 aliphatic carbocycles. The second kappa shape index (κ2) is 44.9. The Bertz CT molecular complexity index is 19.7. The van der Waals surface area contributed by atoms with E-state index in [9.17, 15) is 0 Å². The summed E-state index contributed by atoms with van der Waals surface area (Å²) in [6.07, 6.45) is 0. The molecule has 0 aliphatic heterocycles. The molecule has 0 aromatic heterocycles. The van der Waals surface area contributed by atoms with Gasteiger partial charge in [0.15, 0.2) is 0 Å². The van der Waals surface area contributed by atoms with E-state index < -0.39 is 0 Å². The fourth-order valence-electron chi connectivity index (χ4n) is 0. The molecule has 2 nitrogen and oxygen atoms in total. The van der Waals surface area contributed by atoms with Crippen molar-refractivity contribution in [2.75, 3.05) is 0 Å². The van der Waals surface area contributed by atoms with Gasteiger partial charge in [-0.25, -0.2) is 0 Å². The Hall–Kier alpha value is 4.83. The summed E-state index contributed by atoms with van der Waals surface area (Å²) >= 11 is 2.50. The molecule has 0 aromatic rings. The van der Waals surface area contributed by atoms with Crippen molar-refractivity contribution in [2.45, 2.75) is 14.9 Å². The third-order valence-corrected chi connectivity index (χ3v) is 0. The minimum absolute atomic E-state index is 0. The molecular formula is C2H15K3O2. The molecule has 7 heavy (non-hydrogen) atoms. The molecule has 0 atom stereocenters. The summed E-state index contributed by atoms with van der Waals surface area (Å²) in [6, 6.07) is 0. The SMILES string of the molecule is C.C.O.[3HH].[3H]O.[H-].[K+].[K][K]. The van der Waals surface area contributed by atoms with Crippen LogP contribution in [0.3, 0.4) is 0 Å². The van der Waals surface area contributed by atoms with Gasteiger partial charge in [-0.05, 0) is 0 Å². The van der Waals surface area contributed by atoms with Crippen LogP contribution in [0.15, 0.2) is 0 Å². The zero-order chi connectivity index (χ0) is 4.00. The Balaban J connectivity index is -0.000000000833. The van der Waals surface area contributed by atoms with Crippen LogP contribution in [-0.2, 0) is 0 Å². The summed E-state index contributed by atoms with van der Waals surface area (Å²) in [5.41, 5.74) is 6.25. The Morgan fingerprint density at radius 2 is 1.29 bits per heavy atom. The molecule has 0 radical (unpaired) electrons. The predicted octanol–water partition coefficient (Wildman–Crippen LogP) is -3.78. The molecule has 0 spiro atoms. The quantitative estimate of drug-likeness (QED) is 0.354. The molecule has 0 amide bonds. The van der Waals surface area contributed by atoms with Gasteiger partial charge < -0.3 is 12.4 Å². The van der Waals surface area contributed by atoms with Crippen LogP contribution >= 0.6 is 0 Å². The molecule has 0 saturated carbocycles. The zero-order valence-electron chi connectivity index (χ0n) is 5.95. The average molecular weight is 192 g/mol. The molecule has 0 unspecified atom stereocenters. The Labute approximate surface area is 139 Å². The molecule has 5 heteroatoms. The molecule has 0 bridgehead atoms. The van der Waals surface area contributed by atoms with Crippen LogP contribution in [0.1, 0.15) is 19.1 Å². The summed E-state index contributed by atoms with van der Waals surface area (Å²) in [5.74, 6) is 0. The van der Waals surface area contributed by atoms with Gasteiger partial charge in [-0.2, -0.15) is 0 Å². The summed E-state index contributed by atoms with van der Waals surface area (Å²) in [5, 5.41) is 0. The van der Waals surface area contributed by atoms with Crippen LogP contribution in [0, 0.1) is 0 Å². The molecule has 0 heterocycles. The van der Waals surface area contributed by atoms with E-state index in [0.29, 0.717) is 0 Å². The monoisotopic (exact) mass is 192 g/mol. The topological polar surface area (TPSA) is 63.0 Å². The first-order valence-corrected chi connectivity index (χ1v) is 17.0. The molecular weight excluding hydrogens is 173 g/mol. The van der Waals surface area contributed by atoms with Crippen molar-refractivity contribution >= 4 is 63.2 Å². The van der Waals surface area contributed by atoms with E-state index in [1.165, 1.54) is 63.2 Å². The second-order valence-corrected chi connectivity index (χ2v) is 0. The predicted molar refractivity (Wildman–Crippen MR) is 35.4 cm³/mol. The van der Waals surface area contributed by atoms with Gasteiger partial charge in [-0.15, -0.1) is 0 Å². The van der Waals surface area contributed by atoms with Gasteiger partial charge in [0.05, 0.1) is 0 Å². The number of rotatable bonds is 0. The van der Waals surface area contributed by atoms with Crippen molar-refractivity contribution in [3.8, 4) is 0 Å². The third kappa shape index (κ3) is 36.2. The van der Waals surface area contributed by atoms with Crippen LogP contribution < -0.4 is 51.4 Å². The summed E-state index contributed by atoms with van der Waals surface area (Å²) in [4.78, 5) is 0. The van der Waals surface area contributed by atoms with Crippen LogP contribution in [0.4, 0.5) is 0 Å². The number of hydrogen-bond donors (Lipinski definition) is 0. The maximum absolute atomic E-state index is 6.25. The van der Waals surface area contributed by atoms with Gasteiger partial charge in [0.25, 0.3) is 0 Å². The summed E-state index contributed by atoms with van der Waals surface area (Å²) in [7, 11) is 0. The van der Waals surface area contributed by atoms with E-state index >= 15 is 0 Å². The van der Waals surface area contributed by atoms with Crippen LogP contribution in [0.5, 0.6) is 0 Å². The van der Waals surface area contributed by atoms with Crippen molar-refractivity contribution in [1.29, 1.82) is 0 Å². The zero-order valence-corrected chi connectivity index (χ0v) is 13.3. The van der Waals surface area contributed by atoms with E-state index in [1.807, 2.05) is 0 Å². The third-order valence-electron chi connectivity index (χ3n) is 0. The van der Waals surface area contributed by atoms with Gasteiger partial charge in [0.1, 0.15) is 0 Å². The minimum atomic E-state index is 0. The first-order chi connectivity index (χ1) is 2.00. The average Bonchev–Trinajstić information content (AvgIpc) is 1.50. The van der Waals surface area contributed by atoms with E-state index in [0.717, 1.165) is 0 Å². The maximum atomic E-state index is 6.25. The fourth-order valence-corrected chi connectivity index (χ4v) is 0. The second-order valence-electron chi connectivity index (χ2n) is 0. The molecule has 38 valence electrons. The van der Waals surface area contributed by atoms with Gasteiger partial charge in [-0.3, -0.25) is 0 Å². The molecule has 4 N–H and O–H groups in total. The molecule has 0 fully saturated rings. The molecule has 0 rings (SSSR count).